The largest absolute Gasteiger partial charge is 0.465 e. The molecule has 0 amide bonds. The van der Waals surface area contributed by atoms with Crippen molar-refractivity contribution in [1.82, 2.24) is 19.5 Å². The molecule has 5 aromatic rings. The predicted octanol–water partition coefficient (Wildman–Crippen LogP) is 5.37. The van der Waals surface area contributed by atoms with Gasteiger partial charge in [-0.2, -0.15) is 0 Å². The lowest BCUT2D eigenvalue weighted by Gasteiger charge is -2.31. The third-order valence-electron chi connectivity index (χ3n) is 7.10. The van der Waals surface area contributed by atoms with E-state index in [1.165, 1.54) is 14.0 Å². The normalized spacial score (nSPS) is 12.2. The highest BCUT2D eigenvalue weighted by molar-refractivity contribution is 6.20. The molecule has 0 fully saturated rings. The standard InChI is InChI=1S/C32H29N5O3/c1-20(33)29(21(2)38)24-17-26-30(36-18-24)25(22-11-13-23(14-12-22)31(39)40-4)19-37(26)32(3,27-9-5-7-15-34-27)28-10-6-8-16-35-28/h5-19H,33H2,1-4H3. The maximum absolute atomic E-state index is 12.6. The minimum atomic E-state index is -0.844. The topological polar surface area (TPSA) is 113 Å². The van der Waals surface area contributed by atoms with Crippen molar-refractivity contribution in [1.29, 1.82) is 0 Å². The van der Waals surface area contributed by atoms with Gasteiger partial charge < -0.3 is 15.0 Å². The Hall–Kier alpha value is -5.11. The summed E-state index contributed by atoms with van der Waals surface area (Å²) in [7, 11) is 1.36. The summed E-state index contributed by atoms with van der Waals surface area (Å²) in [6.07, 6.45) is 7.20. The second kappa shape index (κ2) is 10.6. The third-order valence-corrected chi connectivity index (χ3v) is 7.10. The molecule has 8 nitrogen and oxygen atoms in total. The molecule has 0 atom stereocenters. The molecule has 0 unspecified atom stereocenters. The Morgan fingerprint density at radius 2 is 1.50 bits per heavy atom. The molecule has 0 saturated heterocycles. The molecule has 0 radical (unpaired) electrons. The summed E-state index contributed by atoms with van der Waals surface area (Å²) >= 11 is 0. The molecule has 0 aliphatic carbocycles. The van der Waals surface area contributed by atoms with Crippen molar-refractivity contribution >= 4 is 28.4 Å². The maximum Gasteiger partial charge on any atom is 0.337 e. The van der Waals surface area contributed by atoms with Gasteiger partial charge in [-0.05, 0) is 68.8 Å². The summed E-state index contributed by atoms with van der Waals surface area (Å²) in [4.78, 5) is 38.9. The number of allylic oxidation sites excluding steroid dienone is 2. The van der Waals surface area contributed by atoms with E-state index < -0.39 is 11.5 Å². The van der Waals surface area contributed by atoms with Gasteiger partial charge in [-0.1, -0.05) is 24.3 Å². The molecular weight excluding hydrogens is 502 g/mol. The van der Waals surface area contributed by atoms with Crippen LogP contribution in [0.4, 0.5) is 0 Å². The van der Waals surface area contributed by atoms with Crippen LogP contribution in [0.25, 0.3) is 27.7 Å². The van der Waals surface area contributed by atoms with Crippen molar-refractivity contribution < 1.29 is 14.3 Å². The number of benzene rings is 1. The van der Waals surface area contributed by atoms with E-state index in [9.17, 15) is 9.59 Å². The van der Waals surface area contributed by atoms with Crippen LogP contribution < -0.4 is 5.73 Å². The van der Waals surface area contributed by atoms with E-state index in [2.05, 4.69) is 11.5 Å². The number of ketones is 1. The van der Waals surface area contributed by atoms with E-state index in [0.29, 0.717) is 27.9 Å². The van der Waals surface area contributed by atoms with Gasteiger partial charge in [-0.25, -0.2) is 4.79 Å². The fourth-order valence-electron chi connectivity index (χ4n) is 5.11. The summed E-state index contributed by atoms with van der Waals surface area (Å²) in [6, 6.07) is 20.7. The molecule has 4 aromatic heterocycles. The van der Waals surface area contributed by atoms with Gasteiger partial charge in [0.2, 0.25) is 0 Å². The summed E-state index contributed by atoms with van der Waals surface area (Å²) in [6.45, 7) is 5.26. The first kappa shape index (κ1) is 26.5. The summed E-state index contributed by atoms with van der Waals surface area (Å²) in [5.74, 6) is -0.551. The number of aromatic nitrogens is 4. The second-order valence-electron chi connectivity index (χ2n) is 9.69. The van der Waals surface area contributed by atoms with E-state index in [0.717, 1.165) is 28.0 Å². The van der Waals surface area contributed by atoms with E-state index >= 15 is 0 Å². The first-order chi connectivity index (χ1) is 19.3. The highest BCUT2D eigenvalue weighted by Crippen LogP contribution is 2.39. The van der Waals surface area contributed by atoms with E-state index in [-0.39, 0.29) is 5.78 Å². The molecule has 0 aliphatic heterocycles. The van der Waals surface area contributed by atoms with Crippen LogP contribution in [0.5, 0.6) is 0 Å². The van der Waals surface area contributed by atoms with E-state index in [1.54, 1.807) is 37.6 Å². The molecule has 200 valence electrons. The number of hydrogen-bond acceptors (Lipinski definition) is 7. The smallest absolute Gasteiger partial charge is 0.337 e. The Labute approximate surface area is 232 Å². The van der Waals surface area contributed by atoms with Gasteiger partial charge in [-0.15, -0.1) is 0 Å². The Morgan fingerprint density at radius 1 is 0.875 bits per heavy atom. The fourth-order valence-corrected chi connectivity index (χ4v) is 5.11. The van der Waals surface area contributed by atoms with Crippen molar-refractivity contribution in [3.63, 3.8) is 0 Å². The lowest BCUT2D eigenvalue weighted by molar-refractivity contribution is -0.111. The zero-order valence-corrected chi connectivity index (χ0v) is 22.8. The molecule has 0 aliphatic rings. The number of carbonyl (C=O) groups excluding carboxylic acids is 2. The van der Waals surface area contributed by atoms with Gasteiger partial charge in [-0.3, -0.25) is 19.7 Å². The average molecular weight is 532 g/mol. The Morgan fingerprint density at radius 3 is 2.00 bits per heavy atom. The number of hydrogen-bond donors (Lipinski definition) is 1. The van der Waals surface area contributed by atoms with Crippen molar-refractivity contribution in [2.24, 2.45) is 5.73 Å². The van der Waals surface area contributed by atoms with Crippen molar-refractivity contribution in [3.8, 4) is 11.1 Å². The second-order valence-corrected chi connectivity index (χ2v) is 9.69. The summed E-state index contributed by atoms with van der Waals surface area (Å²) in [5, 5.41) is 0. The van der Waals surface area contributed by atoms with Gasteiger partial charge in [0.15, 0.2) is 5.78 Å². The number of methoxy groups -OCH3 is 1. The van der Waals surface area contributed by atoms with E-state index in [1.807, 2.05) is 60.8 Å². The summed E-state index contributed by atoms with van der Waals surface area (Å²) in [5.41, 5.74) is 11.9. The number of nitrogens with two attached hydrogens (primary N) is 1. The first-order valence-corrected chi connectivity index (χ1v) is 12.8. The molecular formula is C32H29N5O3. The van der Waals surface area contributed by atoms with Crippen LogP contribution in [-0.2, 0) is 15.1 Å². The number of ether oxygens (including phenoxy) is 1. The number of Topliss-reactive ketones (excluding diaryl/α,β-unsaturated/α-hetero) is 1. The average Bonchev–Trinajstić information content (AvgIpc) is 3.36. The molecule has 4 heterocycles. The monoisotopic (exact) mass is 531 g/mol. The zero-order valence-electron chi connectivity index (χ0n) is 22.8. The van der Waals surface area contributed by atoms with Crippen LogP contribution in [0.2, 0.25) is 0 Å². The highest BCUT2D eigenvalue weighted by Gasteiger charge is 2.36. The molecule has 0 bridgehead atoms. The lowest BCUT2D eigenvalue weighted by Crippen LogP contribution is -2.34. The van der Waals surface area contributed by atoms with Gasteiger partial charge >= 0.3 is 5.97 Å². The molecule has 0 spiro atoms. The fraction of sp³-hybridized carbons (Fsp3) is 0.156. The van der Waals surface area contributed by atoms with Crippen molar-refractivity contribution in [2.45, 2.75) is 26.3 Å². The lowest BCUT2D eigenvalue weighted by atomic mass is 9.91. The van der Waals surface area contributed by atoms with Gasteiger partial charge in [0, 0.05) is 47.2 Å². The number of nitrogens with zero attached hydrogens (tertiary/aromatic N) is 4. The minimum absolute atomic E-state index is 0.143. The number of carbonyl (C=O) groups is 2. The molecule has 2 N–H and O–H groups in total. The molecule has 8 heteroatoms. The Balaban J connectivity index is 1.85. The van der Waals surface area contributed by atoms with Crippen LogP contribution in [0, 0.1) is 0 Å². The number of fused-ring (bicyclic) bond motifs is 1. The number of pyridine rings is 3. The summed E-state index contributed by atoms with van der Waals surface area (Å²) < 4.78 is 6.96. The minimum Gasteiger partial charge on any atom is -0.465 e. The SMILES string of the molecule is COC(=O)c1ccc(-c2cn(C(C)(c3ccccn3)c3ccccn3)c3cc(C(C(C)=O)=C(C)N)cnc23)cc1. The number of rotatable bonds is 7. The third kappa shape index (κ3) is 4.53. The van der Waals surface area contributed by atoms with Crippen LogP contribution >= 0.6 is 0 Å². The van der Waals surface area contributed by atoms with Gasteiger partial charge in [0.1, 0.15) is 5.54 Å². The van der Waals surface area contributed by atoms with Crippen molar-refractivity contribution in [3.05, 3.63) is 120 Å². The zero-order chi connectivity index (χ0) is 28.4. The highest BCUT2D eigenvalue weighted by atomic mass is 16.5. The van der Waals surface area contributed by atoms with Gasteiger partial charge in [0.25, 0.3) is 0 Å². The number of esters is 1. The quantitative estimate of drug-likeness (QED) is 0.222. The Kier molecular flexibility index (Phi) is 7.00. The van der Waals surface area contributed by atoms with E-state index in [4.69, 9.17) is 25.4 Å². The van der Waals surface area contributed by atoms with Crippen molar-refractivity contribution in [2.75, 3.05) is 7.11 Å². The molecule has 1 aromatic carbocycles. The van der Waals surface area contributed by atoms with Crippen LogP contribution in [0.1, 0.15) is 48.1 Å². The van der Waals surface area contributed by atoms with Gasteiger partial charge in [0.05, 0.1) is 35.1 Å². The predicted molar refractivity (Wildman–Crippen MR) is 154 cm³/mol. The Bertz CT molecular complexity index is 1700. The van der Waals surface area contributed by atoms with Crippen LogP contribution in [0.3, 0.4) is 0 Å². The molecule has 0 saturated carbocycles. The maximum atomic E-state index is 12.6. The van der Waals surface area contributed by atoms with Crippen LogP contribution in [-0.4, -0.2) is 38.4 Å². The van der Waals surface area contributed by atoms with Crippen LogP contribution in [0.15, 0.2) is 97.2 Å². The molecule has 5 rings (SSSR count). The molecule has 40 heavy (non-hydrogen) atoms. The first-order valence-electron chi connectivity index (χ1n) is 12.8.